The monoisotopic (exact) mass is 472 g/mol. The smallest absolute Gasteiger partial charge is 0.330 e. The normalized spacial score (nSPS) is 13.5. The number of hydrogen-bond acceptors (Lipinski definition) is 6. The zero-order chi connectivity index (χ0) is 21.3. The lowest BCUT2D eigenvalue weighted by Crippen LogP contribution is -2.45. The van der Waals surface area contributed by atoms with E-state index in [-0.39, 0.29) is 18.3 Å². The lowest BCUT2D eigenvalue weighted by atomic mass is 9.89. The van der Waals surface area contributed by atoms with Crippen molar-refractivity contribution < 1.29 is 18.8 Å². The molecule has 0 aliphatic heterocycles. The Morgan fingerprint density at radius 3 is 2.90 bits per heavy atom. The predicted molar refractivity (Wildman–Crippen MR) is 112 cm³/mol. The number of halogens is 1. The van der Waals surface area contributed by atoms with Crippen molar-refractivity contribution in [3.05, 3.63) is 58.2 Å². The molecule has 4 rings (SSSR count). The van der Waals surface area contributed by atoms with Crippen LogP contribution < -0.4 is 5.32 Å². The molecule has 0 saturated heterocycles. The topological polar surface area (TPSA) is 99.2 Å². The third-order valence-electron chi connectivity index (χ3n) is 4.86. The van der Waals surface area contributed by atoms with Crippen molar-refractivity contribution in [3.8, 4) is 11.3 Å². The van der Waals surface area contributed by atoms with Crippen LogP contribution in [0.3, 0.4) is 0 Å². The summed E-state index contributed by atoms with van der Waals surface area (Å²) in [6, 6.07) is 5.09. The van der Waals surface area contributed by atoms with Gasteiger partial charge in [0.2, 0.25) is 0 Å². The summed E-state index contributed by atoms with van der Waals surface area (Å²) >= 11 is 3.47. The molecule has 1 aliphatic rings. The van der Waals surface area contributed by atoms with Gasteiger partial charge in [-0.05, 0) is 44.4 Å². The maximum Gasteiger partial charge on any atom is 0.330 e. The fraction of sp³-hybridized carbons (Fsp3) is 0.333. The van der Waals surface area contributed by atoms with Crippen LogP contribution in [0, 0.1) is 0 Å². The third-order valence-corrected chi connectivity index (χ3v) is 5.35. The van der Waals surface area contributed by atoms with Gasteiger partial charge in [0, 0.05) is 28.0 Å². The van der Waals surface area contributed by atoms with Gasteiger partial charge in [0.25, 0.3) is 5.91 Å². The highest BCUT2D eigenvalue weighted by atomic mass is 79.9. The summed E-state index contributed by atoms with van der Waals surface area (Å²) in [6.45, 7) is 3.72. The molecule has 8 nitrogen and oxygen atoms in total. The molecule has 2 aromatic heterocycles. The van der Waals surface area contributed by atoms with Crippen LogP contribution in [-0.4, -0.2) is 38.7 Å². The highest BCUT2D eigenvalue weighted by Gasteiger charge is 2.31. The van der Waals surface area contributed by atoms with E-state index in [2.05, 4.69) is 31.4 Å². The third kappa shape index (κ3) is 4.16. The molecule has 2 heterocycles. The standard InChI is InChI=1S/C21H21BrN4O4/c1-12(2)29-21(28)17(10-26-8-7-23-11-26)24-20(27)18-15-6-4-13-3-5-14(22)9-16(13)19(15)30-25-18/h3,5,7-9,11-12,17H,4,6,10H2,1-2H3,(H,24,27)/t17-/m0/s1. The van der Waals surface area contributed by atoms with E-state index in [9.17, 15) is 9.59 Å². The van der Waals surface area contributed by atoms with Gasteiger partial charge in [-0.3, -0.25) is 4.79 Å². The van der Waals surface area contributed by atoms with Crippen LogP contribution >= 0.6 is 15.9 Å². The van der Waals surface area contributed by atoms with Crippen molar-refractivity contribution in [3.63, 3.8) is 0 Å². The van der Waals surface area contributed by atoms with Gasteiger partial charge in [-0.1, -0.05) is 27.2 Å². The Labute approximate surface area is 181 Å². The summed E-state index contributed by atoms with van der Waals surface area (Å²) in [6.07, 6.45) is 6.03. The van der Waals surface area contributed by atoms with E-state index in [1.165, 1.54) is 0 Å². The molecule has 0 bridgehead atoms. The predicted octanol–water partition coefficient (Wildman–Crippen LogP) is 3.15. The lowest BCUT2D eigenvalue weighted by molar-refractivity contribution is -0.150. The van der Waals surface area contributed by atoms with Crippen LogP contribution in [0.15, 0.2) is 45.9 Å². The quantitative estimate of drug-likeness (QED) is 0.553. The van der Waals surface area contributed by atoms with E-state index in [1.54, 1.807) is 37.1 Å². The van der Waals surface area contributed by atoms with E-state index in [4.69, 9.17) is 9.26 Å². The average Bonchev–Trinajstić information content (AvgIpc) is 3.36. The number of rotatable bonds is 6. The zero-order valence-corrected chi connectivity index (χ0v) is 18.2. The molecule has 1 N–H and O–H groups in total. The number of nitrogens with one attached hydrogen (secondary N) is 1. The first-order chi connectivity index (χ1) is 14.4. The maximum absolute atomic E-state index is 13.0. The minimum absolute atomic E-state index is 0.198. The number of ether oxygens (including phenoxy) is 1. The van der Waals surface area contributed by atoms with Crippen LogP contribution in [0.5, 0.6) is 0 Å². The number of carbonyl (C=O) groups is 2. The number of hydrogen-bond donors (Lipinski definition) is 1. The molecule has 156 valence electrons. The van der Waals surface area contributed by atoms with Gasteiger partial charge in [-0.15, -0.1) is 0 Å². The second-order valence-corrected chi connectivity index (χ2v) is 8.33. The number of benzene rings is 1. The van der Waals surface area contributed by atoms with Gasteiger partial charge >= 0.3 is 5.97 Å². The van der Waals surface area contributed by atoms with Gasteiger partial charge in [-0.25, -0.2) is 9.78 Å². The van der Waals surface area contributed by atoms with Crippen LogP contribution in [0.4, 0.5) is 0 Å². The number of imidazole rings is 1. The van der Waals surface area contributed by atoms with Gasteiger partial charge in [0.15, 0.2) is 11.5 Å². The maximum atomic E-state index is 13.0. The van der Waals surface area contributed by atoms with E-state index >= 15 is 0 Å². The molecular weight excluding hydrogens is 452 g/mol. The number of nitrogens with zero attached hydrogens (tertiary/aromatic N) is 3. The minimum atomic E-state index is -0.883. The fourth-order valence-corrected chi connectivity index (χ4v) is 3.86. The largest absolute Gasteiger partial charge is 0.461 e. The van der Waals surface area contributed by atoms with Gasteiger partial charge < -0.3 is 19.1 Å². The van der Waals surface area contributed by atoms with Crippen molar-refractivity contribution in [2.75, 3.05) is 0 Å². The van der Waals surface area contributed by atoms with Crippen molar-refractivity contribution >= 4 is 27.8 Å². The Balaban J connectivity index is 1.58. The number of esters is 1. The van der Waals surface area contributed by atoms with Gasteiger partial charge in [-0.2, -0.15) is 0 Å². The molecule has 0 radical (unpaired) electrons. The lowest BCUT2D eigenvalue weighted by Gasteiger charge is -2.19. The molecule has 1 aliphatic carbocycles. The zero-order valence-electron chi connectivity index (χ0n) is 16.6. The number of amides is 1. The summed E-state index contributed by atoms with van der Waals surface area (Å²) in [5.41, 5.74) is 3.01. The SMILES string of the molecule is CC(C)OC(=O)[C@H](Cn1ccnc1)NC(=O)c1noc2c1CCc1ccc(Br)cc1-2. The molecule has 0 saturated carbocycles. The van der Waals surface area contributed by atoms with Crippen LogP contribution in [0.1, 0.15) is 35.5 Å². The summed E-state index contributed by atoms with van der Waals surface area (Å²) < 4.78 is 13.5. The van der Waals surface area contributed by atoms with Crippen LogP contribution in [0.2, 0.25) is 0 Å². The van der Waals surface area contributed by atoms with Gasteiger partial charge in [0.05, 0.1) is 19.0 Å². The molecule has 9 heteroatoms. The van der Waals surface area contributed by atoms with E-state index in [0.29, 0.717) is 12.2 Å². The van der Waals surface area contributed by atoms with Crippen molar-refractivity contribution in [1.82, 2.24) is 20.0 Å². The number of aryl methyl sites for hydroxylation is 1. The number of aromatic nitrogens is 3. The molecule has 3 aromatic rings. The van der Waals surface area contributed by atoms with E-state index in [0.717, 1.165) is 27.6 Å². The second kappa shape index (κ2) is 8.43. The number of carbonyl (C=O) groups excluding carboxylic acids is 2. The highest BCUT2D eigenvalue weighted by molar-refractivity contribution is 9.10. The van der Waals surface area contributed by atoms with Gasteiger partial charge in [0.1, 0.15) is 6.04 Å². The van der Waals surface area contributed by atoms with E-state index in [1.807, 2.05) is 18.2 Å². The average molecular weight is 473 g/mol. The van der Waals surface area contributed by atoms with Crippen molar-refractivity contribution in [1.29, 1.82) is 0 Å². The molecule has 30 heavy (non-hydrogen) atoms. The Morgan fingerprint density at radius 2 is 2.17 bits per heavy atom. The molecule has 0 fully saturated rings. The molecule has 1 aromatic carbocycles. The first-order valence-electron chi connectivity index (χ1n) is 9.67. The molecule has 1 amide bonds. The second-order valence-electron chi connectivity index (χ2n) is 7.41. The van der Waals surface area contributed by atoms with Crippen molar-refractivity contribution in [2.45, 2.75) is 45.4 Å². The fourth-order valence-electron chi connectivity index (χ4n) is 3.49. The molecule has 0 unspecified atom stereocenters. The summed E-state index contributed by atoms with van der Waals surface area (Å²) in [5, 5.41) is 6.78. The Kier molecular flexibility index (Phi) is 5.72. The van der Waals surface area contributed by atoms with Crippen LogP contribution in [0.25, 0.3) is 11.3 Å². The number of fused-ring (bicyclic) bond motifs is 3. The first kappa shape index (κ1) is 20.3. The van der Waals surface area contributed by atoms with E-state index < -0.39 is 17.9 Å². The summed E-state index contributed by atoms with van der Waals surface area (Å²) in [5.74, 6) is -0.387. The Hall–Kier alpha value is -2.94. The molecular formula is C21H21BrN4O4. The minimum Gasteiger partial charge on any atom is -0.461 e. The Bertz CT molecular complexity index is 1070. The molecule has 0 spiro atoms. The molecule has 1 atom stereocenters. The van der Waals surface area contributed by atoms with Crippen LogP contribution in [-0.2, 0) is 28.9 Å². The summed E-state index contributed by atoms with van der Waals surface area (Å²) in [7, 11) is 0. The first-order valence-corrected chi connectivity index (χ1v) is 10.5. The van der Waals surface area contributed by atoms with Crippen molar-refractivity contribution in [2.24, 2.45) is 0 Å². The Morgan fingerprint density at radius 1 is 1.33 bits per heavy atom. The highest BCUT2D eigenvalue weighted by Crippen LogP contribution is 2.36. The summed E-state index contributed by atoms with van der Waals surface area (Å²) in [4.78, 5) is 29.5.